The van der Waals surface area contributed by atoms with E-state index in [-0.39, 0.29) is 17.4 Å². The molecule has 0 fully saturated rings. The van der Waals surface area contributed by atoms with Crippen LogP contribution in [0.5, 0.6) is 5.75 Å². The van der Waals surface area contributed by atoms with Gasteiger partial charge in [-0.2, -0.15) is 10.4 Å². The maximum Gasteiger partial charge on any atom is 0.410 e. The molecule has 2 heterocycles. The molecule has 0 N–H and O–H groups in total. The van der Waals surface area contributed by atoms with Crippen LogP contribution in [0.2, 0.25) is 0 Å². The predicted molar refractivity (Wildman–Crippen MR) is 104 cm³/mol. The Bertz CT molecular complexity index is 956. The van der Waals surface area contributed by atoms with Gasteiger partial charge >= 0.3 is 6.09 Å². The summed E-state index contributed by atoms with van der Waals surface area (Å²) in [6.45, 7) is 6.98. The van der Waals surface area contributed by atoms with Gasteiger partial charge in [0.25, 0.3) is 0 Å². The summed E-state index contributed by atoms with van der Waals surface area (Å²) in [4.78, 5) is 14.1. The van der Waals surface area contributed by atoms with E-state index in [0.29, 0.717) is 38.0 Å². The molecule has 154 valence electrons. The van der Waals surface area contributed by atoms with Crippen LogP contribution < -0.4 is 4.74 Å². The van der Waals surface area contributed by atoms with Gasteiger partial charge in [0.2, 0.25) is 0 Å². The molecule has 8 heteroatoms. The van der Waals surface area contributed by atoms with Gasteiger partial charge in [-0.05, 0) is 50.5 Å². The van der Waals surface area contributed by atoms with Crippen molar-refractivity contribution < 1.29 is 18.7 Å². The minimum Gasteiger partial charge on any atom is -0.495 e. The number of ether oxygens (including phenoxy) is 2. The highest BCUT2D eigenvalue weighted by Gasteiger charge is 2.26. The number of fused-ring (bicyclic) bond motifs is 1. The molecule has 7 nitrogen and oxygen atoms in total. The van der Waals surface area contributed by atoms with Crippen molar-refractivity contribution in [3.63, 3.8) is 0 Å². The van der Waals surface area contributed by atoms with Gasteiger partial charge in [0, 0.05) is 25.2 Å². The molecule has 0 bridgehead atoms. The topological polar surface area (TPSA) is 80.4 Å². The largest absolute Gasteiger partial charge is 0.495 e. The number of carbonyl (C=O) groups excluding carboxylic acids is 1. The first kappa shape index (κ1) is 20.6. The minimum absolute atomic E-state index is 0.108. The summed E-state index contributed by atoms with van der Waals surface area (Å²) in [5, 5.41) is 13.5. The molecule has 0 unspecified atom stereocenters. The van der Waals surface area contributed by atoms with Crippen LogP contribution in [0.15, 0.2) is 18.3 Å². The fraction of sp³-hybridized carbons (Fsp3) is 0.476. The second-order valence-corrected chi connectivity index (χ2v) is 8.01. The molecule has 1 aromatic carbocycles. The number of nitriles is 1. The predicted octanol–water partition coefficient (Wildman–Crippen LogP) is 3.29. The van der Waals surface area contributed by atoms with Crippen LogP contribution in [0.1, 0.15) is 43.2 Å². The average Bonchev–Trinajstić information content (AvgIpc) is 2.88. The third-order valence-corrected chi connectivity index (χ3v) is 4.73. The Morgan fingerprint density at radius 3 is 2.69 bits per heavy atom. The van der Waals surface area contributed by atoms with Crippen molar-refractivity contribution in [2.75, 3.05) is 20.2 Å². The van der Waals surface area contributed by atoms with Gasteiger partial charge in [0.15, 0.2) is 0 Å². The maximum absolute atomic E-state index is 14.2. The molecule has 2 aromatic rings. The molecule has 1 aliphatic heterocycles. The van der Waals surface area contributed by atoms with Crippen molar-refractivity contribution >= 4 is 6.09 Å². The Balaban J connectivity index is 1.77. The van der Waals surface area contributed by atoms with Gasteiger partial charge in [-0.1, -0.05) is 0 Å². The molecule has 0 saturated heterocycles. The van der Waals surface area contributed by atoms with E-state index in [2.05, 4.69) is 5.10 Å². The fourth-order valence-corrected chi connectivity index (χ4v) is 3.37. The van der Waals surface area contributed by atoms with E-state index in [4.69, 9.17) is 14.7 Å². The zero-order chi connectivity index (χ0) is 21.2. The lowest BCUT2D eigenvalue weighted by molar-refractivity contribution is 0.0258. The van der Waals surface area contributed by atoms with E-state index in [9.17, 15) is 9.18 Å². The fourth-order valence-electron chi connectivity index (χ4n) is 3.37. The number of benzene rings is 1. The molecule has 0 radical (unpaired) electrons. The molecular formula is C21H25FN4O3. The number of aromatic nitrogens is 2. The Morgan fingerprint density at radius 2 is 2.03 bits per heavy atom. The van der Waals surface area contributed by atoms with E-state index in [1.807, 2.05) is 31.5 Å². The molecule has 3 rings (SSSR count). The third-order valence-electron chi connectivity index (χ3n) is 4.73. The number of amides is 1. The maximum atomic E-state index is 14.2. The standard InChI is InChI=1S/C21H25FN4O3/c1-21(2,3)29-20(27)25-7-5-15-12-24-26(18(15)6-8-25)13-14-9-17(22)16(11-23)19(10-14)28-4/h9-10,12H,5-8,13H2,1-4H3. The van der Waals surface area contributed by atoms with E-state index < -0.39 is 11.4 Å². The van der Waals surface area contributed by atoms with Crippen LogP contribution in [-0.2, 0) is 24.1 Å². The summed E-state index contributed by atoms with van der Waals surface area (Å²) in [6.07, 6.45) is 2.79. The average molecular weight is 400 g/mol. The van der Waals surface area contributed by atoms with Crippen molar-refractivity contribution in [3.05, 3.63) is 46.5 Å². The summed E-state index contributed by atoms with van der Waals surface area (Å²) in [5.41, 5.74) is 2.09. The summed E-state index contributed by atoms with van der Waals surface area (Å²) in [7, 11) is 1.41. The van der Waals surface area contributed by atoms with Gasteiger partial charge < -0.3 is 14.4 Å². The minimum atomic E-state index is -0.615. The highest BCUT2D eigenvalue weighted by molar-refractivity contribution is 5.68. The number of hydrogen-bond acceptors (Lipinski definition) is 5. The van der Waals surface area contributed by atoms with Crippen molar-refractivity contribution in [3.8, 4) is 11.8 Å². The van der Waals surface area contributed by atoms with Gasteiger partial charge in [0.05, 0.1) is 19.9 Å². The number of rotatable bonds is 3. The molecular weight excluding hydrogens is 375 g/mol. The van der Waals surface area contributed by atoms with Crippen molar-refractivity contribution in [2.24, 2.45) is 0 Å². The monoisotopic (exact) mass is 400 g/mol. The van der Waals surface area contributed by atoms with Gasteiger partial charge in [-0.15, -0.1) is 0 Å². The Morgan fingerprint density at radius 1 is 1.31 bits per heavy atom. The van der Waals surface area contributed by atoms with Crippen LogP contribution in [0.4, 0.5) is 9.18 Å². The molecule has 0 saturated carbocycles. The summed E-state index contributed by atoms with van der Waals surface area (Å²) < 4.78 is 26.6. The first-order chi connectivity index (χ1) is 13.7. The van der Waals surface area contributed by atoms with Crippen LogP contribution >= 0.6 is 0 Å². The third kappa shape index (κ3) is 4.67. The smallest absolute Gasteiger partial charge is 0.410 e. The molecule has 29 heavy (non-hydrogen) atoms. The number of carbonyl (C=O) groups is 1. The summed E-state index contributed by atoms with van der Waals surface area (Å²) in [6, 6.07) is 4.80. The van der Waals surface area contributed by atoms with Crippen molar-refractivity contribution in [1.29, 1.82) is 5.26 Å². The van der Waals surface area contributed by atoms with E-state index in [1.165, 1.54) is 13.2 Å². The normalized spacial score (nSPS) is 14.0. The van der Waals surface area contributed by atoms with Crippen molar-refractivity contribution in [2.45, 2.75) is 45.8 Å². The van der Waals surface area contributed by atoms with Gasteiger partial charge in [-0.25, -0.2) is 9.18 Å². The van der Waals surface area contributed by atoms with Crippen molar-refractivity contribution in [1.82, 2.24) is 14.7 Å². The zero-order valence-corrected chi connectivity index (χ0v) is 17.2. The van der Waals surface area contributed by atoms with Gasteiger partial charge in [-0.3, -0.25) is 4.68 Å². The Kier molecular flexibility index (Phi) is 5.78. The van der Waals surface area contributed by atoms with Crippen LogP contribution in [0.3, 0.4) is 0 Å². The first-order valence-corrected chi connectivity index (χ1v) is 9.50. The zero-order valence-electron chi connectivity index (χ0n) is 17.2. The highest BCUT2D eigenvalue weighted by atomic mass is 19.1. The second-order valence-electron chi connectivity index (χ2n) is 8.01. The number of halogens is 1. The molecule has 0 atom stereocenters. The van der Waals surface area contributed by atoms with Crippen LogP contribution in [0.25, 0.3) is 0 Å². The summed E-state index contributed by atoms with van der Waals surface area (Å²) in [5.74, 6) is -0.409. The van der Waals surface area contributed by atoms with E-state index >= 15 is 0 Å². The van der Waals surface area contributed by atoms with E-state index in [1.54, 1.807) is 17.2 Å². The number of hydrogen-bond donors (Lipinski definition) is 0. The lowest BCUT2D eigenvalue weighted by Gasteiger charge is -2.26. The molecule has 1 amide bonds. The number of methoxy groups -OCH3 is 1. The molecule has 1 aliphatic rings. The molecule has 0 aliphatic carbocycles. The second kappa shape index (κ2) is 8.11. The lowest BCUT2D eigenvalue weighted by Crippen LogP contribution is -2.38. The highest BCUT2D eigenvalue weighted by Crippen LogP contribution is 2.25. The number of nitrogens with zero attached hydrogens (tertiary/aromatic N) is 4. The summed E-state index contributed by atoms with van der Waals surface area (Å²) >= 11 is 0. The quantitative estimate of drug-likeness (QED) is 0.790. The van der Waals surface area contributed by atoms with E-state index in [0.717, 1.165) is 11.3 Å². The molecule has 0 spiro atoms. The van der Waals surface area contributed by atoms with Gasteiger partial charge in [0.1, 0.15) is 28.8 Å². The lowest BCUT2D eigenvalue weighted by atomic mass is 10.1. The SMILES string of the molecule is COc1cc(Cn2ncc3c2CCN(C(=O)OC(C)(C)C)CC3)cc(F)c1C#N. The molecule has 1 aromatic heterocycles. The Hall–Kier alpha value is -3.08. The Labute approximate surface area is 169 Å². The van der Waals surface area contributed by atoms with Crippen LogP contribution in [-0.4, -0.2) is 46.6 Å². The first-order valence-electron chi connectivity index (χ1n) is 9.50. The van der Waals surface area contributed by atoms with Crippen LogP contribution in [0, 0.1) is 17.1 Å².